The maximum Gasteiger partial charge on any atom is 0.271 e. The number of amides is 2. The smallest absolute Gasteiger partial charge is 0.271 e. The van der Waals surface area contributed by atoms with Gasteiger partial charge < -0.3 is 19.5 Å². The SMILES string of the molecule is COc1cccc(C(=O)N/N=C/c2cc(I)c(OCC(=O)Nc3ccc(C)c(Cl)c3)c(OC)c2)c1. The molecule has 8 nitrogen and oxygen atoms in total. The van der Waals surface area contributed by atoms with Crippen LogP contribution in [-0.2, 0) is 4.79 Å². The summed E-state index contributed by atoms with van der Waals surface area (Å²) in [6.07, 6.45) is 1.49. The number of anilines is 1. The van der Waals surface area contributed by atoms with Crippen molar-refractivity contribution in [2.75, 3.05) is 26.1 Å². The van der Waals surface area contributed by atoms with E-state index < -0.39 is 0 Å². The Bertz CT molecular complexity index is 1270. The van der Waals surface area contributed by atoms with Crippen molar-refractivity contribution in [3.8, 4) is 17.2 Å². The second-order valence-electron chi connectivity index (χ2n) is 7.27. The van der Waals surface area contributed by atoms with Gasteiger partial charge in [-0.3, -0.25) is 9.59 Å². The molecule has 10 heteroatoms. The lowest BCUT2D eigenvalue weighted by Crippen LogP contribution is -2.20. The monoisotopic (exact) mass is 607 g/mol. The first-order chi connectivity index (χ1) is 16.8. The second kappa shape index (κ2) is 12.4. The average Bonchev–Trinajstić information content (AvgIpc) is 2.85. The molecule has 182 valence electrons. The Morgan fingerprint density at radius 3 is 2.60 bits per heavy atom. The molecular formula is C25H23ClIN3O5. The van der Waals surface area contributed by atoms with E-state index in [-0.39, 0.29) is 18.4 Å². The molecule has 35 heavy (non-hydrogen) atoms. The van der Waals surface area contributed by atoms with Gasteiger partial charge in [0.2, 0.25) is 0 Å². The Morgan fingerprint density at radius 1 is 1.09 bits per heavy atom. The van der Waals surface area contributed by atoms with Crippen LogP contribution in [0.15, 0.2) is 59.7 Å². The summed E-state index contributed by atoms with van der Waals surface area (Å²) in [5, 5.41) is 7.33. The molecule has 3 aromatic carbocycles. The molecule has 0 bridgehead atoms. The van der Waals surface area contributed by atoms with E-state index in [9.17, 15) is 9.59 Å². The molecule has 0 aliphatic rings. The predicted octanol–water partition coefficient (Wildman–Crippen LogP) is 5.05. The molecule has 0 aromatic heterocycles. The van der Waals surface area contributed by atoms with Gasteiger partial charge in [0, 0.05) is 16.3 Å². The van der Waals surface area contributed by atoms with Crippen molar-refractivity contribution in [1.82, 2.24) is 5.43 Å². The van der Waals surface area contributed by atoms with Crippen LogP contribution in [0.1, 0.15) is 21.5 Å². The van der Waals surface area contributed by atoms with Crippen molar-refractivity contribution < 1.29 is 23.8 Å². The van der Waals surface area contributed by atoms with Gasteiger partial charge in [-0.2, -0.15) is 5.10 Å². The Morgan fingerprint density at radius 2 is 1.89 bits per heavy atom. The van der Waals surface area contributed by atoms with Crippen LogP contribution in [0.5, 0.6) is 17.2 Å². The number of ether oxygens (including phenoxy) is 3. The molecular weight excluding hydrogens is 585 g/mol. The molecule has 0 atom stereocenters. The number of carbonyl (C=O) groups excluding carboxylic acids is 2. The van der Waals surface area contributed by atoms with Gasteiger partial charge in [0.15, 0.2) is 18.1 Å². The van der Waals surface area contributed by atoms with E-state index in [1.165, 1.54) is 20.4 Å². The molecule has 0 spiro atoms. The first-order valence-corrected chi connectivity index (χ1v) is 11.8. The molecule has 0 saturated heterocycles. The number of hydrazone groups is 1. The average molecular weight is 608 g/mol. The van der Waals surface area contributed by atoms with Gasteiger partial charge >= 0.3 is 0 Å². The minimum Gasteiger partial charge on any atom is -0.497 e. The predicted molar refractivity (Wildman–Crippen MR) is 144 cm³/mol. The molecule has 0 unspecified atom stereocenters. The summed E-state index contributed by atoms with van der Waals surface area (Å²) in [5.41, 5.74) is 5.07. The number of methoxy groups -OCH3 is 2. The third kappa shape index (κ3) is 7.33. The van der Waals surface area contributed by atoms with E-state index in [0.717, 1.165) is 5.56 Å². The molecule has 0 aliphatic carbocycles. The third-order valence-electron chi connectivity index (χ3n) is 4.77. The lowest BCUT2D eigenvalue weighted by atomic mass is 10.2. The summed E-state index contributed by atoms with van der Waals surface area (Å²) in [6, 6.07) is 15.5. The Hall–Kier alpha value is -3.31. The van der Waals surface area contributed by atoms with Crippen LogP contribution < -0.4 is 25.0 Å². The maximum atomic E-state index is 12.3. The van der Waals surface area contributed by atoms with Crippen LogP contribution >= 0.6 is 34.2 Å². The van der Waals surface area contributed by atoms with Crippen LogP contribution in [0.3, 0.4) is 0 Å². The zero-order valence-corrected chi connectivity index (χ0v) is 22.1. The molecule has 0 aliphatic heterocycles. The fourth-order valence-electron chi connectivity index (χ4n) is 2.95. The highest BCUT2D eigenvalue weighted by Crippen LogP contribution is 2.33. The van der Waals surface area contributed by atoms with Gasteiger partial charge in [-0.1, -0.05) is 23.7 Å². The first-order valence-electron chi connectivity index (χ1n) is 10.3. The number of aryl methyl sites for hydroxylation is 1. The van der Waals surface area contributed by atoms with E-state index in [0.29, 0.717) is 42.7 Å². The number of rotatable bonds is 9. The largest absolute Gasteiger partial charge is 0.497 e. The molecule has 0 fully saturated rings. The van der Waals surface area contributed by atoms with Gasteiger partial charge in [-0.05, 0) is 83.1 Å². The molecule has 3 rings (SSSR count). The minimum atomic E-state index is -0.373. The Kier molecular flexibility index (Phi) is 9.32. The Balaban J connectivity index is 1.63. The van der Waals surface area contributed by atoms with Crippen LogP contribution in [0.4, 0.5) is 5.69 Å². The van der Waals surface area contributed by atoms with Crippen molar-refractivity contribution in [1.29, 1.82) is 0 Å². The highest BCUT2D eigenvalue weighted by Gasteiger charge is 2.14. The molecule has 0 saturated carbocycles. The van der Waals surface area contributed by atoms with Gasteiger partial charge in [-0.15, -0.1) is 0 Å². The van der Waals surface area contributed by atoms with Crippen molar-refractivity contribution in [2.24, 2.45) is 5.10 Å². The molecule has 0 radical (unpaired) electrons. The highest BCUT2D eigenvalue weighted by molar-refractivity contribution is 14.1. The lowest BCUT2D eigenvalue weighted by molar-refractivity contribution is -0.118. The van der Waals surface area contributed by atoms with E-state index in [1.807, 2.05) is 13.0 Å². The number of carbonyl (C=O) groups is 2. The second-order valence-corrected chi connectivity index (χ2v) is 8.84. The van der Waals surface area contributed by atoms with Gasteiger partial charge in [0.05, 0.1) is 24.0 Å². The minimum absolute atomic E-state index is 0.220. The van der Waals surface area contributed by atoms with Crippen molar-refractivity contribution in [3.05, 3.63) is 79.9 Å². The molecule has 3 aromatic rings. The summed E-state index contributed by atoms with van der Waals surface area (Å²) in [4.78, 5) is 24.6. The van der Waals surface area contributed by atoms with Crippen molar-refractivity contribution in [3.63, 3.8) is 0 Å². The fraction of sp³-hybridized carbons (Fsp3) is 0.160. The summed E-state index contributed by atoms with van der Waals surface area (Å²) in [6.45, 7) is 1.66. The molecule has 0 heterocycles. The number of nitrogens with one attached hydrogen (secondary N) is 2. The molecule has 2 N–H and O–H groups in total. The van der Waals surface area contributed by atoms with Crippen LogP contribution in [0.2, 0.25) is 5.02 Å². The zero-order valence-electron chi connectivity index (χ0n) is 19.2. The van der Waals surface area contributed by atoms with E-state index in [4.69, 9.17) is 25.8 Å². The van der Waals surface area contributed by atoms with Crippen molar-refractivity contribution >= 4 is 57.9 Å². The number of nitrogens with zero attached hydrogens (tertiary/aromatic N) is 1. The maximum absolute atomic E-state index is 12.3. The number of hydrogen-bond donors (Lipinski definition) is 2. The number of halogens is 2. The third-order valence-corrected chi connectivity index (χ3v) is 5.98. The van der Waals surface area contributed by atoms with Gasteiger partial charge in [0.1, 0.15) is 5.75 Å². The standard InChI is InChI=1S/C25H23ClIN3O5/c1-15-7-8-18(12-20(15)26)29-23(31)14-35-24-21(27)9-16(10-22(24)34-3)13-28-30-25(32)17-5-4-6-19(11-17)33-2/h4-13H,14H2,1-3H3,(H,29,31)(H,30,32)/b28-13+. The quantitative estimate of drug-likeness (QED) is 0.202. The number of benzene rings is 3. The van der Waals surface area contributed by atoms with E-state index in [1.54, 1.807) is 48.5 Å². The van der Waals surface area contributed by atoms with Gasteiger partial charge in [-0.25, -0.2) is 5.43 Å². The first kappa shape index (κ1) is 26.3. The lowest BCUT2D eigenvalue weighted by Gasteiger charge is -2.14. The van der Waals surface area contributed by atoms with E-state index in [2.05, 4.69) is 38.4 Å². The Labute approximate surface area is 221 Å². The van der Waals surface area contributed by atoms with Crippen LogP contribution in [-0.4, -0.2) is 38.9 Å². The topological polar surface area (TPSA) is 98.3 Å². The summed E-state index contributed by atoms with van der Waals surface area (Å²) in [7, 11) is 3.03. The van der Waals surface area contributed by atoms with Gasteiger partial charge in [0.25, 0.3) is 11.8 Å². The fourth-order valence-corrected chi connectivity index (χ4v) is 3.92. The number of hydrogen-bond acceptors (Lipinski definition) is 6. The summed E-state index contributed by atoms with van der Waals surface area (Å²) < 4.78 is 17.0. The van der Waals surface area contributed by atoms with Crippen LogP contribution in [0.25, 0.3) is 0 Å². The normalized spacial score (nSPS) is 10.7. The summed E-state index contributed by atoms with van der Waals surface area (Å²) in [5.74, 6) is 0.704. The van der Waals surface area contributed by atoms with Crippen LogP contribution in [0, 0.1) is 10.5 Å². The zero-order chi connectivity index (χ0) is 25.4. The van der Waals surface area contributed by atoms with E-state index >= 15 is 0 Å². The highest BCUT2D eigenvalue weighted by atomic mass is 127. The van der Waals surface area contributed by atoms with Crippen molar-refractivity contribution in [2.45, 2.75) is 6.92 Å². The molecule has 2 amide bonds. The summed E-state index contributed by atoms with van der Waals surface area (Å²) >= 11 is 8.18.